The van der Waals surface area contributed by atoms with Crippen molar-refractivity contribution in [3.05, 3.63) is 251 Å². The van der Waals surface area contributed by atoms with Gasteiger partial charge in [0, 0.05) is 11.1 Å². The lowest BCUT2D eigenvalue weighted by molar-refractivity contribution is 0.674. The van der Waals surface area contributed by atoms with Gasteiger partial charge in [0.15, 0.2) is 5.84 Å². The molecule has 1 unspecified atom stereocenters. The molecule has 10 rings (SSSR count). The fourth-order valence-corrected chi connectivity index (χ4v) is 8.58. The molecule has 8 aromatic carbocycles. The molecule has 1 aliphatic carbocycles. The normalized spacial score (nSPS) is 15.2. The van der Waals surface area contributed by atoms with Crippen LogP contribution in [0.2, 0.25) is 0 Å². The lowest BCUT2D eigenvalue weighted by Gasteiger charge is -2.35. The second-order valence-corrected chi connectivity index (χ2v) is 14.2. The molecule has 8 aromatic rings. The van der Waals surface area contributed by atoms with Gasteiger partial charge in [-0.05, 0) is 73.3 Å². The SMILES string of the molecule is c1ccc(C2=NC(c3cccc(-c4cccc(-c5cccc6c5C(c5ccccc5)(c5ccccc5)c5ccccc5-6)c4)c3)=NC(c3ccccc3)N2)cc1. The zero-order chi connectivity index (χ0) is 36.6. The highest BCUT2D eigenvalue weighted by atomic mass is 15.2. The van der Waals surface area contributed by atoms with E-state index in [9.17, 15) is 0 Å². The molecule has 1 heterocycles. The average Bonchev–Trinajstić information content (AvgIpc) is 3.59. The van der Waals surface area contributed by atoms with Crippen LogP contribution in [-0.2, 0) is 5.41 Å². The minimum Gasteiger partial charge on any atom is -0.344 e. The molecule has 55 heavy (non-hydrogen) atoms. The molecular weight excluding hydrogens is 667 g/mol. The van der Waals surface area contributed by atoms with E-state index in [1.807, 2.05) is 24.3 Å². The summed E-state index contributed by atoms with van der Waals surface area (Å²) in [6.07, 6.45) is -0.255. The van der Waals surface area contributed by atoms with Crippen LogP contribution in [0.15, 0.2) is 222 Å². The molecule has 0 amide bonds. The van der Waals surface area contributed by atoms with Crippen molar-refractivity contribution < 1.29 is 0 Å². The van der Waals surface area contributed by atoms with Gasteiger partial charge >= 0.3 is 0 Å². The summed E-state index contributed by atoms with van der Waals surface area (Å²) in [5.41, 5.74) is 15.0. The Hall–Kier alpha value is -7.10. The Morgan fingerprint density at radius 2 is 0.891 bits per heavy atom. The number of aliphatic imine (C=N–C) groups is 2. The highest BCUT2D eigenvalue weighted by molar-refractivity contribution is 6.13. The maximum absolute atomic E-state index is 5.15. The van der Waals surface area contributed by atoms with Gasteiger partial charge in [-0.15, -0.1) is 0 Å². The van der Waals surface area contributed by atoms with E-state index in [1.54, 1.807) is 0 Å². The van der Waals surface area contributed by atoms with Gasteiger partial charge < -0.3 is 5.32 Å². The molecule has 0 radical (unpaired) electrons. The quantitative estimate of drug-likeness (QED) is 0.176. The van der Waals surface area contributed by atoms with Crippen LogP contribution >= 0.6 is 0 Å². The van der Waals surface area contributed by atoms with Crippen LogP contribution in [0.5, 0.6) is 0 Å². The summed E-state index contributed by atoms with van der Waals surface area (Å²) in [4.78, 5) is 10.2. The maximum atomic E-state index is 5.15. The van der Waals surface area contributed by atoms with Gasteiger partial charge in [0.1, 0.15) is 12.0 Å². The minimum atomic E-state index is -0.488. The summed E-state index contributed by atoms with van der Waals surface area (Å²) in [6, 6.07) is 76.0. The topological polar surface area (TPSA) is 36.8 Å². The molecular formula is C52H37N3. The van der Waals surface area contributed by atoms with E-state index < -0.39 is 5.41 Å². The molecule has 260 valence electrons. The molecule has 1 N–H and O–H groups in total. The molecule has 0 saturated carbocycles. The third-order valence-electron chi connectivity index (χ3n) is 11.0. The van der Waals surface area contributed by atoms with Crippen molar-refractivity contribution >= 4 is 11.7 Å². The zero-order valence-electron chi connectivity index (χ0n) is 30.2. The number of nitrogens with one attached hydrogen (secondary N) is 1. The summed E-state index contributed by atoms with van der Waals surface area (Å²) >= 11 is 0. The van der Waals surface area contributed by atoms with Gasteiger partial charge in [0.05, 0.1) is 5.41 Å². The van der Waals surface area contributed by atoms with Crippen LogP contribution in [0.4, 0.5) is 0 Å². The van der Waals surface area contributed by atoms with E-state index in [-0.39, 0.29) is 6.17 Å². The largest absolute Gasteiger partial charge is 0.344 e. The van der Waals surface area contributed by atoms with Gasteiger partial charge in [-0.2, -0.15) is 0 Å². The number of hydrogen-bond acceptors (Lipinski definition) is 3. The number of rotatable bonds is 7. The van der Waals surface area contributed by atoms with Crippen molar-refractivity contribution in [2.45, 2.75) is 11.6 Å². The van der Waals surface area contributed by atoms with Crippen LogP contribution in [0.1, 0.15) is 45.1 Å². The summed E-state index contributed by atoms with van der Waals surface area (Å²) in [5.74, 6) is 1.52. The van der Waals surface area contributed by atoms with Crippen molar-refractivity contribution in [2.24, 2.45) is 9.98 Å². The first-order chi connectivity index (χ1) is 27.3. The molecule has 3 nitrogen and oxygen atoms in total. The van der Waals surface area contributed by atoms with Crippen LogP contribution < -0.4 is 5.32 Å². The van der Waals surface area contributed by atoms with Crippen molar-refractivity contribution in [3.8, 4) is 33.4 Å². The fourth-order valence-electron chi connectivity index (χ4n) is 8.58. The van der Waals surface area contributed by atoms with E-state index in [2.05, 4.69) is 193 Å². The molecule has 3 heteroatoms. The molecule has 0 fully saturated rings. The first-order valence-electron chi connectivity index (χ1n) is 18.9. The third kappa shape index (κ3) is 5.60. The number of nitrogens with zero attached hydrogens (tertiary/aromatic N) is 2. The van der Waals surface area contributed by atoms with Crippen molar-refractivity contribution in [2.75, 3.05) is 0 Å². The predicted octanol–water partition coefficient (Wildman–Crippen LogP) is 11.9. The minimum absolute atomic E-state index is 0.255. The van der Waals surface area contributed by atoms with Crippen molar-refractivity contribution in [1.82, 2.24) is 5.32 Å². The fraction of sp³-hybridized carbons (Fsp3) is 0.0385. The molecule has 0 spiro atoms. The smallest absolute Gasteiger partial charge is 0.159 e. The van der Waals surface area contributed by atoms with E-state index in [0.29, 0.717) is 5.84 Å². The van der Waals surface area contributed by atoms with E-state index >= 15 is 0 Å². The number of fused-ring (bicyclic) bond motifs is 3. The predicted molar refractivity (Wildman–Crippen MR) is 226 cm³/mol. The lowest BCUT2D eigenvalue weighted by Crippen LogP contribution is -2.33. The molecule has 1 aliphatic heterocycles. The van der Waals surface area contributed by atoms with E-state index in [0.717, 1.165) is 33.7 Å². The number of amidine groups is 2. The van der Waals surface area contributed by atoms with Crippen LogP contribution in [0.3, 0.4) is 0 Å². The summed E-state index contributed by atoms with van der Waals surface area (Å²) in [5, 5.41) is 3.58. The molecule has 1 atom stereocenters. The molecule has 2 aliphatic rings. The average molecular weight is 704 g/mol. The van der Waals surface area contributed by atoms with Gasteiger partial charge in [0.2, 0.25) is 0 Å². The summed E-state index contributed by atoms with van der Waals surface area (Å²) in [6.45, 7) is 0. The Labute approximate surface area is 322 Å². The van der Waals surface area contributed by atoms with Gasteiger partial charge in [-0.25, -0.2) is 9.98 Å². The molecule has 0 saturated heterocycles. The Morgan fingerprint density at radius 1 is 0.400 bits per heavy atom. The zero-order valence-corrected chi connectivity index (χ0v) is 30.2. The highest BCUT2D eigenvalue weighted by Crippen LogP contribution is 2.58. The first-order valence-corrected chi connectivity index (χ1v) is 18.9. The van der Waals surface area contributed by atoms with Crippen molar-refractivity contribution in [3.63, 3.8) is 0 Å². The number of benzene rings is 8. The van der Waals surface area contributed by atoms with Gasteiger partial charge in [-0.1, -0.05) is 200 Å². The number of hydrogen-bond donors (Lipinski definition) is 1. The maximum Gasteiger partial charge on any atom is 0.159 e. The summed E-state index contributed by atoms with van der Waals surface area (Å²) < 4.78 is 0. The molecule has 0 bridgehead atoms. The first kappa shape index (κ1) is 32.5. The van der Waals surface area contributed by atoms with E-state index in [4.69, 9.17) is 9.98 Å². The van der Waals surface area contributed by atoms with E-state index in [1.165, 1.54) is 44.5 Å². The van der Waals surface area contributed by atoms with Gasteiger partial charge in [-0.3, -0.25) is 0 Å². The monoisotopic (exact) mass is 703 g/mol. The third-order valence-corrected chi connectivity index (χ3v) is 11.0. The van der Waals surface area contributed by atoms with Gasteiger partial charge in [0.25, 0.3) is 0 Å². The van der Waals surface area contributed by atoms with Crippen molar-refractivity contribution in [1.29, 1.82) is 0 Å². The Balaban J connectivity index is 1.11. The second kappa shape index (κ2) is 13.7. The van der Waals surface area contributed by atoms with Crippen LogP contribution in [-0.4, -0.2) is 11.7 Å². The lowest BCUT2D eigenvalue weighted by atomic mass is 9.66. The van der Waals surface area contributed by atoms with Crippen LogP contribution in [0.25, 0.3) is 33.4 Å². The standard InChI is InChI=1S/C52H37N3/c1-5-18-36(19-6-1)49-53-50(37-20-7-2-8-21-37)55-51(54-49)41-25-16-23-39(35-41)38-22-15-24-40(34-38)44-31-17-32-46-45-30-13-14-33-47(45)52(48(44)46,42-26-9-3-10-27-42)43-28-11-4-12-29-43/h1-35,49H,(H,53,54,55). The van der Waals surface area contributed by atoms with Crippen LogP contribution in [0, 0.1) is 0 Å². The summed E-state index contributed by atoms with van der Waals surface area (Å²) in [7, 11) is 0. The Bertz CT molecular complexity index is 2680. The Kier molecular flexibility index (Phi) is 8.11. The molecule has 0 aromatic heterocycles. The highest BCUT2D eigenvalue weighted by Gasteiger charge is 2.47. The second-order valence-electron chi connectivity index (χ2n) is 14.2. The Morgan fingerprint density at radius 3 is 1.58 bits per heavy atom.